The zero-order chi connectivity index (χ0) is 16.9. The SMILES string of the molecule is CCOc1cc(C(=O)N2CCN(c3ncncc3C)CC2)ncn1. The number of amides is 1. The molecule has 8 heteroatoms. The topological polar surface area (TPSA) is 84.3 Å². The minimum Gasteiger partial charge on any atom is -0.478 e. The molecule has 24 heavy (non-hydrogen) atoms. The number of ether oxygens (including phenoxy) is 1. The molecule has 3 heterocycles. The van der Waals surface area contributed by atoms with Gasteiger partial charge in [-0.3, -0.25) is 4.79 Å². The quantitative estimate of drug-likeness (QED) is 0.825. The zero-order valence-electron chi connectivity index (χ0n) is 13.8. The number of nitrogens with zero attached hydrogens (tertiary/aromatic N) is 6. The number of aryl methyl sites for hydroxylation is 1. The predicted octanol–water partition coefficient (Wildman–Crippen LogP) is 0.936. The Hall–Kier alpha value is -2.77. The number of carbonyl (C=O) groups excluding carboxylic acids is 1. The first kappa shape index (κ1) is 16.1. The Morgan fingerprint density at radius 1 is 1.17 bits per heavy atom. The van der Waals surface area contributed by atoms with Crippen molar-refractivity contribution in [2.24, 2.45) is 0 Å². The average molecular weight is 328 g/mol. The molecule has 0 radical (unpaired) electrons. The highest BCUT2D eigenvalue weighted by molar-refractivity contribution is 5.92. The van der Waals surface area contributed by atoms with Crippen LogP contribution in [0.1, 0.15) is 23.0 Å². The van der Waals surface area contributed by atoms with Crippen LogP contribution in [0.5, 0.6) is 5.88 Å². The number of aromatic nitrogens is 4. The fourth-order valence-electron chi connectivity index (χ4n) is 2.69. The van der Waals surface area contributed by atoms with Crippen LogP contribution in [0.15, 0.2) is 24.9 Å². The van der Waals surface area contributed by atoms with Gasteiger partial charge in [0.2, 0.25) is 5.88 Å². The van der Waals surface area contributed by atoms with Crippen LogP contribution < -0.4 is 9.64 Å². The lowest BCUT2D eigenvalue weighted by atomic mass is 10.2. The van der Waals surface area contributed by atoms with Crippen molar-refractivity contribution in [1.82, 2.24) is 24.8 Å². The van der Waals surface area contributed by atoms with Crippen LogP contribution in [-0.2, 0) is 0 Å². The highest BCUT2D eigenvalue weighted by Gasteiger charge is 2.24. The third-order valence-corrected chi connectivity index (χ3v) is 3.89. The van der Waals surface area contributed by atoms with E-state index in [9.17, 15) is 4.79 Å². The third-order valence-electron chi connectivity index (χ3n) is 3.89. The highest BCUT2D eigenvalue weighted by Crippen LogP contribution is 2.18. The van der Waals surface area contributed by atoms with Crippen molar-refractivity contribution < 1.29 is 9.53 Å². The molecule has 0 aromatic carbocycles. The predicted molar refractivity (Wildman–Crippen MR) is 88.1 cm³/mol. The number of anilines is 1. The zero-order valence-corrected chi connectivity index (χ0v) is 13.8. The van der Waals surface area contributed by atoms with Crippen molar-refractivity contribution in [3.8, 4) is 5.88 Å². The van der Waals surface area contributed by atoms with E-state index in [0.717, 1.165) is 24.5 Å². The first-order chi connectivity index (χ1) is 11.7. The summed E-state index contributed by atoms with van der Waals surface area (Å²) in [6, 6.07) is 1.59. The summed E-state index contributed by atoms with van der Waals surface area (Å²) in [4.78, 5) is 33.0. The molecule has 8 nitrogen and oxygen atoms in total. The minimum atomic E-state index is -0.0996. The Bertz CT molecular complexity index is 715. The molecule has 0 aliphatic carbocycles. The Labute approximate surface area is 140 Å². The lowest BCUT2D eigenvalue weighted by molar-refractivity contribution is 0.0739. The van der Waals surface area contributed by atoms with E-state index in [0.29, 0.717) is 31.3 Å². The molecular weight excluding hydrogens is 308 g/mol. The Morgan fingerprint density at radius 3 is 2.67 bits per heavy atom. The van der Waals surface area contributed by atoms with E-state index in [4.69, 9.17) is 4.74 Å². The van der Waals surface area contributed by atoms with Gasteiger partial charge in [0, 0.05) is 44.0 Å². The van der Waals surface area contributed by atoms with Gasteiger partial charge in [-0.1, -0.05) is 0 Å². The molecule has 0 saturated carbocycles. The van der Waals surface area contributed by atoms with Crippen LogP contribution in [-0.4, -0.2) is 63.5 Å². The fraction of sp³-hybridized carbons (Fsp3) is 0.438. The molecule has 1 aliphatic heterocycles. The van der Waals surface area contributed by atoms with Crippen molar-refractivity contribution in [3.05, 3.63) is 36.2 Å². The smallest absolute Gasteiger partial charge is 0.272 e. The molecule has 2 aromatic heterocycles. The van der Waals surface area contributed by atoms with Crippen LogP contribution >= 0.6 is 0 Å². The molecule has 0 spiro atoms. The molecule has 1 saturated heterocycles. The van der Waals surface area contributed by atoms with Crippen LogP contribution in [0.2, 0.25) is 0 Å². The van der Waals surface area contributed by atoms with Crippen molar-refractivity contribution in [2.45, 2.75) is 13.8 Å². The molecule has 0 unspecified atom stereocenters. The normalized spacial score (nSPS) is 14.6. The molecular formula is C16H20N6O2. The molecule has 1 amide bonds. The average Bonchev–Trinajstić information content (AvgIpc) is 2.62. The van der Waals surface area contributed by atoms with Gasteiger partial charge in [0.25, 0.3) is 5.91 Å². The highest BCUT2D eigenvalue weighted by atomic mass is 16.5. The van der Waals surface area contributed by atoms with Crippen LogP contribution in [0.3, 0.4) is 0 Å². The fourth-order valence-corrected chi connectivity index (χ4v) is 2.69. The first-order valence-electron chi connectivity index (χ1n) is 7.94. The Morgan fingerprint density at radius 2 is 1.96 bits per heavy atom. The van der Waals surface area contributed by atoms with E-state index in [2.05, 4.69) is 24.8 Å². The summed E-state index contributed by atoms with van der Waals surface area (Å²) in [6.45, 7) is 7.06. The van der Waals surface area contributed by atoms with E-state index in [1.54, 1.807) is 23.5 Å². The number of hydrogen-bond acceptors (Lipinski definition) is 7. The number of hydrogen-bond donors (Lipinski definition) is 0. The van der Waals surface area contributed by atoms with E-state index >= 15 is 0 Å². The summed E-state index contributed by atoms with van der Waals surface area (Å²) in [7, 11) is 0. The van der Waals surface area contributed by atoms with Crippen LogP contribution in [0, 0.1) is 6.92 Å². The summed E-state index contributed by atoms with van der Waals surface area (Å²) >= 11 is 0. The summed E-state index contributed by atoms with van der Waals surface area (Å²) in [6.07, 6.45) is 4.71. The van der Waals surface area contributed by atoms with E-state index in [1.165, 1.54) is 6.33 Å². The van der Waals surface area contributed by atoms with Gasteiger partial charge >= 0.3 is 0 Å². The van der Waals surface area contributed by atoms with E-state index in [1.807, 2.05) is 13.8 Å². The summed E-state index contributed by atoms with van der Waals surface area (Å²) in [5.74, 6) is 1.25. The first-order valence-corrected chi connectivity index (χ1v) is 7.94. The minimum absolute atomic E-state index is 0.0996. The van der Waals surface area contributed by atoms with E-state index < -0.39 is 0 Å². The molecule has 0 N–H and O–H groups in total. The number of carbonyl (C=O) groups is 1. The maximum absolute atomic E-state index is 12.6. The second-order valence-electron chi connectivity index (χ2n) is 5.48. The van der Waals surface area contributed by atoms with Crippen molar-refractivity contribution in [2.75, 3.05) is 37.7 Å². The van der Waals surface area contributed by atoms with Gasteiger partial charge in [0.1, 0.15) is 24.2 Å². The van der Waals surface area contributed by atoms with Crippen LogP contribution in [0.4, 0.5) is 5.82 Å². The van der Waals surface area contributed by atoms with Crippen molar-refractivity contribution in [3.63, 3.8) is 0 Å². The number of piperazine rings is 1. The Kier molecular flexibility index (Phi) is 4.83. The van der Waals surface area contributed by atoms with Gasteiger partial charge in [-0.15, -0.1) is 0 Å². The number of rotatable bonds is 4. The van der Waals surface area contributed by atoms with Gasteiger partial charge in [0.05, 0.1) is 6.61 Å². The largest absolute Gasteiger partial charge is 0.478 e. The summed E-state index contributed by atoms with van der Waals surface area (Å²) in [5, 5.41) is 0. The molecule has 2 aromatic rings. The van der Waals surface area contributed by atoms with Gasteiger partial charge in [-0.05, 0) is 13.8 Å². The van der Waals surface area contributed by atoms with Gasteiger partial charge in [-0.25, -0.2) is 19.9 Å². The third kappa shape index (κ3) is 3.42. The molecule has 3 rings (SSSR count). The maximum atomic E-state index is 12.6. The van der Waals surface area contributed by atoms with Gasteiger partial charge in [0.15, 0.2) is 0 Å². The standard InChI is InChI=1S/C16H20N6O2/c1-3-24-14-8-13(18-11-19-14)16(23)22-6-4-21(5-7-22)15-12(2)9-17-10-20-15/h8-11H,3-7H2,1-2H3. The lowest BCUT2D eigenvalue weighted by Crippen LogP contribution is -2.49. The maximum Gasteiger partial charge on any atom is 0.272 e. The molecule has 0 atom stereocenters. The van der Waals surface area contributed by atoms with Gasteiger partial charge < -0.3 is 14.5 Å². The summed E-state index contributed by atoms with van der Waals surface area (Å²) < 4.78 is 5.33. The van der Waals surface area contributed by atoms with E-state index in [-0.39, 0.29) is 5.91 Å². The molecule has 0 bridgehead atoms. The van der Waals surface area contributed by atoms with Crippen LogP contribution in [0.25, 0.3) is 0 Å². The molecule has 126 valence electrons. The summed E-state index contributed by atoms with van der Waals surface area (Å²) in [5.41, 5.74) is 1.40. The van der Waals surface area contributed by atoms with Crippen molar-refractivity contribution >= 4 is 11.7 Å². The second-order valence-corrected chi connectivity index (χ2v) is 5.48. The molecule has 1 aliphatic rings. The van der Waals surface area contributed by atoms with Gasteiger partial charge in [-0.2, -0.15) is 0 Å². The Balaban J connectivity index is 1.65. The second kappa shape index (κ2) is 7.20. The van der Waals surface area contributed by atoms with Crippen molar-refractivity contribution in [1.29, 1.82) is 0 Å². The molecule has 1 fully saturated rings. The lowest BCUT2D eigenvalue weighted by Gasteiger charge is -2.35. The monoisotopic (exact) mass is 328 g/mol.